The summed E-state index contributed by atoms with van der Waals surface area (Å²) in [5.74, 6) is -1.08. The predicted octanol–water partition coefficient (Wildman–Crippen LogP) is 2.70. The molecule has 2 unspecified atom stereocenters. The normalized spacial score (nSPS) is 25.5. The number of nitrogens with two attached hydrogens (primary N) is 1. The van der Waals surface area contributed by atoms with Crippen LogP contribution in [-0.4, -0.2) is 25.2 Å². The van der Waals surface area contributed by atoms with E-state index in [0.717, 1.165) is 10.0 Å². The molecule has 22 heavy (non-hydrogen) atoms. The van der Waals surface area contributed by atoms with E-state index in [4.69, 9.17) is 9.92 Å². The zero-order valence-corrected chi connectivity index (χ0v) is 15.0. The fourth-order valence-electron chi connectivity index (χ4n) is 2.85. The summed E-state index contributed by atoms with van der Waals surface area (Å²) in [6, 6.07) is 7.44. The molecule has 5 nitrogen and oxygen atoms in total. The van der Waals surface area contributed by atoms with E-state index >= 15 is 0 Å². The molecule has 1 aliphatic carbocycles. The highest BCUT2D eigenvalue weighted by atomic mass is 79.9. The van der Waals surface area contributed by atoms with Gasteiger partial charge < -0.3 is 5.73 Å². The van der Waals surface area contributed by atoms with Crippen LogP contribution in [0.2, 0.25) is 0 Å². The van der Waals surface area contributed by atoms with E-state index in [-0.39, 0.29) is 5.92 Å². The van der Waals surface area contributed by atoms with Crippen molar-refractivity contribution in [3.8, 4) is 0 Å². The molecular formula is C15H20BrNO4S. The molecule has 1 aromatic rings. The molecule has 0 spiro atoms. The average molecular weight is 390 g/mol. The van der Waals surface area contributed by atoms with Crippen LogP contribution in [0.15, 0.2) is 28.7 Å². The number of halogens is 1. The van der Waals surface area contributed by atoms with Gasteiger partial charge in [0.15, 0.2) is 5.60 Å². The van der Waals surface area contributed by atoms with Crippen molar-refractivity contribution < 1.29 is 17.4 Å². The molecule has 122 valence electrons. The van der Waals surface area contributed by atoms with Gasteiger partial charge in [-0.25, -0.2) is 0 Å². The van der Waals surface area contributed by atoms with Crippen molar-refractivity contribution in [1.82, 2.24) is 0 Å². The van der Waals surface area contributed by atoms with Crippen molar-refractivity contribution in [3.63, 3.8) is 0 Å². The lowest BCUT2D eigenvalue weighted by atomic mass is 9.84. The van der Waals surface area contributed by atoms with Crippen molar-refractivity contribution in [3.05, 3.63) is 34.3 Å². The number of benzene rings is 1. The summed E-state index contributed by atoms with van der Waals surface area (Å²) in [7, 11) is -3.84. The van der Waals surface area contributed by atoms with Crippen molar-refractivity contribution in [1.29, 1.82) is 0 Å². The molecule has 2 N–H and O–H groups in total. The fourth-order valence-corrected chi connectivity index (χ4v) is 4.00. The highest BCUT2D eigenvalue weighted by molar-refractivity contribution is 9.10. The summed E-state index contributed by atoms with van der Waals surface area (Å²) in [5, 5.41) is -0.727. The van der Waals surface area contributed by atoms with Crippen LogP contribution in [0.3, 0.4) is 0 Å². The van der Waals surface area contributed by atoms with Crippen molar-refractivity contribution in [2.45, 2.75) is 49.9 Å². The number of carbonyl (C=O) groups excluding carboxylic acids is 1. The smallest absolute Gasteiger partial charge is 0.270 e. The Kier molecular flexibility index (Phi) is 4.99. The molecule has 0 aromatic heterocycles. The van der Waals surface area contributed by atoms with Gasteiger partial charge in [-0.3, -0.25) is 8.98 Å². The van der Waals surface area contributed by atoms with Crippen molar-refractivity contribution >= 4 is 32.0 Å². The lowest BCUT2D eigenvalue weighted by Crippen LogP contribution is -2.50. The molecule has 1 amide bonds. The zero-order chi connectivity index (χ0) is 16.5. The second-order valence-electron chi connectivity index (χ2n) is 5.87. The maximum absolute atomic E-state index is 12.2. The second-order valence-corrected chi connectivity index (χ2v) is 8.89. The molecule has 1 saturated carbocycles. The molecule has 1 fully saturated rings. The van der Waals surface area contributed by atoms with Gasteiger partial charge in [0.25, 0.3) is 16.0 Å². The Morgan fingerprint density at radius 3 is 2.45 bits per heavy atom. The van der Waals surface area contributed by atoms with Gasteiger partial charge in [-0.05, 0) is 50.8 Å². The van der Waals surface area contributed by atoms with E-state index in [0.29, 0.717) is 19.3 Å². The highest BCUT2D eigenvalue weighted by Crippen LogP contribution is 2.46. The molecule has 0 bridgehead atoms. The van der Waals surface area contributed by atoms with Gasteiger partial charge >= 0.3 is 0 Å². The quantitative estimate of drug-likeness (QED) is 0.784. The summed E-state index contributed by atoms with van der Waals surface area (Å²) < 4.78 is 30.7. The van der Waals surface area contributed by atoms with Gasteiger partial charge in [0.1, 0.15) is 0 Å². The molecule has 0 aliphatic heterocycles. The minimum Gasteiger partial charge on any atom is -0.367 e. The molecule has 2 atom stereocenters. The summed E-state index contributed by atoms with van der Waals surface area (Å²) in [4.78, 5) is 12.1. The zero-order valence-electron chi connectivity index (χ0n) is 12.6. The van der Waals surface area contributed by atoms with E-state index in [9.17, 15) is 13.2 Å². The monoisotopic (exact) mass is 389 g/mol. The summed E-state index contributed by atoms with van der Waals surface area (Å²) >= 11 is 3.36. The standard InChI is InChI=1S/C15H20BrNO4S/c1-10(2)22(19,20)21-15(14(17)18)9-3-4-13(15)11-5-7-12(16)8-6-11/h5-8,10,13H,3-4,9H2,1-2H3,(H2,17,18). The van der Waals surface area contributed by atoms with E-state index in [1.165, 1.54) is 13.8 Å². The van der Waals surface area contributed by atoms with Gasteiger partial charge in [-0.1, -0.05) is 28.1 Å². The fraction of sp³-hybridized carbons (Fsp3) is 0.533. The first-order valence-corrected chi connectivity index (χ1v) is 9.45. The molecule has 2 rings (SSSR count). The average Bonchev–Trinajstić information content (AvgIpc) is 2.84. The third-order valence-corrected chi connectivity index (χ3v) is 6.35. The minimum absolute atomic E-state index is 0.314. The topological polar surface area (TPSA) is 86.5 Å². The maximum Gasteiger partial charge on any atom is 0.270 e. The summed E-state index contributed by atoms with van der Waals surface area (Å²) in [5.41, 5.74) is 4.93. The molecule has 1 aliphatic rings. The molecule has 0 saturated heterocycles. The minimum atomic E-state index is -3.84. The largest absolute Gasteiger partial charge is 0.367 e. The maximum atomic E-state index is 12.2. The first kappa shape index (κ1) is 17.4. The van der Waals surface area contributed by atoms with Crippen LogP contribution in [-0.2, 0) is 19.1 Å². The lowest BCUT2D eigenvalue weighted by Gasteiger charge is -2.32. The van der Waals surface area contributed by atoms with Crippen LogP contribution in [0.5, 0.6) is 0 Å². The second kappa shape index (κ2) is 6.29. The van der Waals surface area contributed by atoms with Gasteiger partial charge in [-0.2, -0.15) is 8.42 Å². The number of amides is 1. The molecule has 1 aromatic carbocycles. The van der Waals surface area contributed by atoms with Gasteiger partial charge in [0.2, 0.25) is 0 Å². The molecule has 7 heteroatoms. The van der Waals surface area contributed by atoms with Gasteiger partial charge in [-0.15, -0.1) is 0 Å². The van der Waals surface area contributed by atoms with Crippen LogP contribution in [0, 0.1) is 0 Å². The lowest BCUT2D eigenvalue weighted by molar-refractivity contribution is -0.134. The van der Waals surface area contributed by atoms with E-state index in [2.05, 4.69) is 15.9 Å². The molecule has 0 radical (unpaired) electrons. The molecule has 0 heterocycles. The highest BCUT2D eigenvalue weighted by Gasteiger charge is 2.53. The number of rotatable bonds is 5. The Morgan fingerprint density at radius 1 is 1.36 bits per heavy atom. The van der Waals surface area contributed by atoms with Crippen LogP contribution < -0.4 is 5.73 Å². The summed E-state index contributed by atoms with van der Waals surface area (Å²) in [6.45, 7) is 3.04. The molecular weight excluding hydrogens is 370 g/mol. The summed E-state index contributed by atoms with van der Waals surface area (Å²) in [6.07, 6.45) is 1.67. The third kappa shape index (κ3) is 3.21. The van der Waals surface area contributed by atoms with E-state index < -0.39 is 26.9 Å². The van der Waals surface area contributed by atoms with Crippen molar-refractivity contribution in [2.24, 2.45) is 5.73 Å². The van der Waals surface area contributed by atoms with Gasteiger partial charge in [0, 0.05) is 10.4 Å². The Labute approximate surface area is 139 Å². The predicted molar refractivity (Wildman–Crippen MR) is 87.8 cm³/mol. The van der Waals surface area contributed by atoms with Crippen LogP contribution in [0.1, 0.15) is 44.6 Å². The number of carbonyl (C=O) groups is 1. The first-order valence-electron chi connectivity index (χ1n) is 7.19. The van der Waals surface area contributed by atoms with Crippen LogP contribution >= 0.6 is 15.9 Å². The van der Waals surface area contributed by atoms with E-state index in [1.807, 2.05) is 24.3 Å². The Morgan fingerprint density at radius 2 is 1.95 bits per heavy atom. The van der Waals surface area contributed by atoms with Crippen LogP contribution in [0.25, 0.3) is 0 Å². The Hall–Kier alpha value is -0.920. The van der Waals surface area contributed by atoms with Crippen molar-refractivity contribution in [2.75, 3.05) is 0 Å². The SMILES string of the molecule is CC(C)S(=O)(=O)OC1(C(N)=O)CCCC1c1ccc(Br)cc1. The third-order valence-electron chi connectivity index (χ3n) is 4.14. The number of hydrogen-bond donors (Lipinski definition) is 1. The van der Waals surface area contributed by atoms with Gasteiger partial charge in [0.05, 0.1) is 5.25 Å². The number of hydrogen-bond acceptors (Lipinski definition) is 4. The van der Waals surface area contributed by atoms with E-state index in [1.54, 1.807) is 0 Å². The number of primary amides is 1. The first-order chi connectivity index (χ1) is 10.2. The Bertz CT molecular complexity index is 657. The van der Waals surface area contributed by atoms with Crippen LogP contribution in [0.4, 0.5) is 0 Å². The Balaban J connectivity index is 2.45.